The lowest BCUT2D eigenvalue weighted by Crippen LogP contribution is -2.43. The topological polar surface area (TPSA) is 56.3 Å². The van der Waals surface area contributed by atoms with E-state index >= 15 is 0 Å². The Labute approximate surface area is 140 Å². The molecule has 0 bridgehead atoms. The molecule has 1 fully saturated rings. The first kappa shape index (κ1) is 16.4. The van der Waals surface area contributed by atoms with Crippen LogP contribution in [0, 0.1) is 17.7 Å². The Morgan fingerprint density at radius 1 is 1.21 bits per heavy atom. The molecule has 1 aliphatic heterocycles. The van der Waals surface area contributed by atoms with Crippen LogP contribution < -0.4 is 5.56 Å². The molecule has 2 heterocycles. The Morgan fingerprint density at radius 3 is 2.67 bits per heavy atom. The van der Waals surface area contributed by atoms with E-state index in [4.69, 9.17) is 0 Å². The average Bonchev–Trinajstić information content (AvgIpc) is 2.58. The van der Waals surface area contributed by atoms with Gasteiger partial charge in [-0.05, 0) is 18.2 Å². The standard InChI is InChI=1S/C19H19FN2O2/c20-17-6-2-1-4-15(17)7-8-19(24)9-12-22(13-10-19)14-16-5-3-11-21-18(16)23/h1-6,11,24H,9-10,12-14H2,(H,21,23). The predicted octanol–water partition coefficient (Wildman–Crippen LogP) is 1.89. The summed E-state index contributed by atoms with van der Waals surface area (Å²) >= 11 is 0. The van der Waals surface area contributed by atoms with Crippen molar-refractivity contribution in [2.24, 2.45) is 0 Å². The van der Waals surface area contributed by atoms with Crippen LogP contribution in [0.2, 0.25) is 0 Å². The molecule has 2 N–H and O–H groups in total. The number of aromatic nitrogens is 1. The highest BCUT2D eigenvalue weighted by atomic mass is 19.1. The number of rotatable bonds is 2. The fourth-order valence-electron chi connectivity index (χ4n) is 2.77. The van der Waals surface area contributed by atoms with Crippen molar-refractivity contribution in [2.75, 3.05) is 13.1 Å². The van der Waals surface area contributed by atoms with E-state index in [1.807, 2.05) is 0 Å². The number of aliphatic hydroxyl groups is 1. The van der Waals surface area contributed by atoms with Crippen molar-refractivity contribution in [1.29, 1.82) is 0 Å². The molecule has 124 valence electrons. The van der Waals surface area contributed by atoms with E-state index in [2.05, 4.69) is 21.7 Å². The number of likely N-dealkylation sites (tertiary alicyclic amines) is 1. The summed E-state index contributed by atoms with van der Waals surface area (Å²) in [6, 6.07) is 9.89. The minimum atomic E-state index is -1.11. The zero-order chi connectivity index (χ0) is 17.0. The molecule has 0 spiro atoms. The van der Waals surface area contributed by atoms with Gasteiger partial charge in [0.1, 0.15) is 11.4 Å². The smallest absolute Gasteiger partial charge is 0.252 e. The molecule has 5 heteroatoms. The van der Waals surface area contributed by atoms with Crippen LogP contribution in [0.3, 0.4) is 0 Å². The van der Waals surface area contributed by atoms with E-state index in [9.17, 15) is 14.3 Å². The number of halogens is 1. The van der Waals surface area contributed by atoms with Crippen LogP contribution in [0.1, 0.15) is 24.0 Å². The quantitative estimate of drug-likeness (QED) is 0.829. The SMILES string of the molecule is O=c1[nH]cccc1CN1CCC(O)(C#Cc2ccccc2F)CC1. The molecule has 0 radical (unpaired) electrons. The summed E-state index contributed by atoms with van der Waals surface area (Å²) in [6.45, 7) is 1.82. The Bertz CT molecular complexity index is 827. The van der Waals surface area contributed by atoms with Gasteiger partial charge in [-0.2, -0.15) is 0 Å². The summed E-state index contributed by atoms with van der Waals surface area (Å²) in [5.41, 5.74) is -0.191. The molecule has 4 nitrogen and oxygen atoms in total. The molecule has 0 atom stereocenters. The van der Waals surface area contributed by atoms with Gasteiger partial charge in [-0.1, -0.05) is 30.0 Å². The number of H-pyrrole nitrogens is 1. The molecule has 24 heavy (non-hydrogen) atoms. The van der Waals surface area contributed by atoms with Gasteiger partial charge in [0.2, 0.25) is 0 Å². The average molecular weight is 326 g/mol. The Hall–Kier alpha value is -2.42. The number of piperidine rings is 1. The fraction of sp³-hybridized carbons (Fsp3) is 0.316. The lowest BCUT2D eigenvalue weighted by molar-refractivity contribution is 0.0246. The molecule has 1 aromatic carbocycles. The maximum Gasteiger partial charge on any atom is 0.252 e. The van der Waals surface area contributed by atoms with Crippen LogP contribution in [0.25, 0.3) is 0 Å². The number of hydrogen-bond donors (Lipinski definition) is 2. The van der Waals surface area contributed by atoms with Crippen molar-refractivity contribution in [3.05, 3.63) is 69.9 Å². The second kappa shape index (κ2) is 7.00. The molecule has 0 aliphatic carbocycles. The van der Waals surface area contributed by atoms with E-state index < -0.39 is 5.60 Å². The normalized spacial score (nSPS) is 17.1. The zero-order valence-corrected chi connectivity index (χ0v) is 13.3. The minimum Gasteiger partial charge on any atom is -0.377 e. The number of hydrogen-bond acceptors (Lipinski definition) is 3. The van der Waals surface area contributed by atoms with Gasteiger partial charge in [-0.25, -0.2) is 4.39 Å². The van der Waals surface area contributed by atoms with Gasteiger partial charge in [0.25, 0.3) is 5.56 Å². The van der Waals surface area contributed by atoms with Crippen molar-refractivity contribution in [3.8, 4) is 11.8 Å². The van der Waals surface area contributed by atoms with Gasteiger partial charge in [0, 0.05) is 44.2 Å². The third-order valence-corrected chi connectivity index (χ3v) is 4.28. The monoisotopic (exact) mass is 326 g/mol. The van der Waals surface area contributed by atoms with Crippen molar-refractivity contribution >= 4 is 0 Å². The molecule has 3 rings (SSSR count). The summed E-state index contributed by atoms with van der Waals surface area (Å²) in [4.78, 5) is 16.5. The molecule has 1 saturated heterocycles. The van der Waals surface area contributed by atoms with Crippen molar-refractivity contribution in [3.63, 3.8) is 0 Å². The van der Waals surface area contributed by atoms with E-state index in [1.165, 1.54) is 6.07 Å². The van der Waals surface area contributed by atoms with Crippen LogP contribution in [0.5, 0.6) is 0 Å². The first-order chi connectivity index (χ1) is 11.6. The van der Waals surface area contributed by atoms with E-state index in [0.29, 0.717) is 43.6 Å². The maximum absolute atomic E-state index is 13.6. The number of benzene rings is 1. The van der Waals surface area contributed by atoms with E-state index in [0.717, 1.165) is 0 Å². The number of nitrogens with zero attached hydrogens (tertiary/aromatic N) is 1. The van der Waals surface area contributed by atoms with Crippen molar-refractivity contribution in [2.45, 2.75) is 25.0 Å². The Morgan fingerprint density at radius 2 is 1.96 bits per heavy atom. The Kier molecular flexibility index (Phi) is 4.79. The van der Waals surface area contributed by atoms with Gasteiger partial charge < -0.3 is 10.1 Å². The minimum absolute atomic E-state index is 0.0855. The second-order valence-electron chi connectivity index (χ2n) is 6.06. The van der Waals surface area contributed by atoms with Gasteiger partial charge in [0.05, 0.1) is 5.56 Å². The summed E-state index contributed by atoms with van der Waals surface area (Å²) in [5.74, 6) is 5.19. The van der Waals surface area contributed by atoms with E-state index in [1.54, 1.807) is 36.5 Å². The third-order valence-electron chi connectivity index (χ3n) is 4.28. The van der Waals surface area contributed by atoms with Crippen LogP contribution >= 0.6 is 0 Å². The first-order valence-electron chi connectivity index (χ1n) is 7.95. The molecule has 0 saturated carbocycles. The summed E-state index contributed by atoms with van der Waals surface area (Å²) in [7, 11) is 0. The maximum atomic E-state index is 13.6. The Balaban J connectivity index is 1.63. The third kappa shape index (κ3) is 3.91. The molecular formula is C19H19FN2O2. The van der Waals surface area contributed by atoms with Crippen LogP contribution in [0.4, 0.5) is 4.39 Å². The summed E-state index contributed by atoms with van der Waals surface area (Å²) in [5, 5.41) is 10.6. The highest BCUT2D eigenvalue weighted by Crippen LogP contribution is 2.22. The lowest BCUT2D eigenvalue weighted by atomic mass is 9.91. The van der Waals surface area contributed by atoms with Crippen LogP contribution in [0.15, 0.2) is 47.4 Å². The predicted molar refractivity (Wildman–Crippen MR) is 89.8 cm³/mol. The molecule has 0 amide bonds. The number of aromatic amines is 1. The van der Waals surface area contributed by atoms with E-state index in [-0.39, 0.29) is 11.4 Å². The molecule has 1 aromatic heterocycles. The summed E-state index contributed by atoms with van der Waals surface area (Å²) < 4.78 is 13.6. The van der Waals surface area contributed by atoms with Crippen LogP contribution in [-0.2, 0) is 6.54 Å². The van der Waals surface area contributed by atoms with Crippen LogP contribution in [-0.4, -0.2) is 33.7 Å². The number of pyridine rings is 1. The molecule has 0 unspecified atom stereocenters. The van der Waals surface area contributed by atoms with Gasteiger partial charge in [0.15, 0.2) is 0 Å². The molecule has 2 aromatic rings. The van der Waals surface area contributed by atoms with Gasteiger partial charge in [-0.15, -0.1) is 0 Å². The van der Waals surface area contributed by atoms with Crippen molar-refractivity contribution in [1.82, 2.24) is 9.88 Å². The zero-order valence-electron chi connectivity index (χ0n) is 13.3. The largest absolute Gasteiger partial charge is 0.377 e. The lowest BCUT2D eigenvalue weighted by Gasteiger charge is -2.34. The second-order valence-corrected chi connectivity index (χ2v) is 6.06. The molecule has 1 aliphatic rings. The van der Waals surface area contributed by atoms with Gasteiger partial charge >= 0.3 is 0 Å². The van der Waals surface area contributed by atoms with Gasteiger partial charge in [-0.3, -0.25) is 9.69 Å². The fourth-order valence-corrected chi connectivity index (χ4v) is 2.77. The highest BCUT2D eigenvalue weighted by Gasteiger charge is 2.30. The number of nitrogens with one attached hydrogen (secondary N) is 1. The summed E-state index contributed by atoms with van der Waals surface area (Å²) in [6.07, 6.45) is 2.55. The van der Waals surface area contributed by atoms with Crippen molar-refractivity contribution < 1.29 is 9.50 Å². The molecular weight excluding hydrogens is 307 g/mol. The highest BCUT2D eigenvalue weighted by molar-refractivity contribution is 5.37. The first-order valence-corrected chi connectivity index (χ1v) is 7.95.